The molecule has 70 valence electrons. The van der Waals surface area contributed by atoms with E-state index in [2.05, 4.69) is 25.4 Å². The van der Waals surface area contributed by atoms with Gasteiger partial charge in [0.15, 0.2) is 0 Å². The lowest BCUT2D eigenvalue weighted by Crippen LogP contribution is -2.04. The van der Waals surface area contributed by atoms with Crippen LogP contribution < -0.4 is 0 Å². The van der Waals surface area contributed by atoms with E-state index in [1.165, 1.54) is 24.8 Å². The Bertz CT molecular complexity index is 147. The summed E-state index contributed by atoms with van der Waals surface area (Å²) >= 11 is 0. The summed E-state index contributed by atoms with van der Waals surface area (Å²) in [7, 11) is 0. The highest BCUT2D eigenvalue weighted by atomic mass is 14.7. The zero-order valence-corrected chi connectivity index (χ0v) is 8.64. The van der Waals surface area contributed by atoms with Gasteiger partial charge < -0.3 is 0 Å². The minimum Gasteiger partial charge on any atom is -0.293 e. The van der Waals surface area contributed by atoms with Crippen molar-refractivity contribution < 1.29 is 0 Å². The summed E-state index contributed by atoms with van der Waals surface area (Å²) in [6.07, 6.45) is 5.55. The molecule has 0 N–H and O–H groups in total. The fraction of sp³-hybridized carbons (Fsp3) is 0.727. The zero-order valence-electron chi connectivity index (χ0n) is 8.64. The molecule has 12 heavy (non-hydrogen) atoms. The number of rotatable bonds is 6. The second kappa shape index (κ2) is 7.08. The molecule has 0 aromatic heterocycles. The van der Waals surface area contributed by atoms with Crippen molar-refractivity contribution in [2.45, 2.75) is 40.0 Å². The summed E-state index contributed by atoms with van der Waals surface area (Å²) in [5, 5.41) is 0. The molecule has 1 heteroatoms. The molecule has 0 aliphatic carbocycles. The SMILES string of the molecule is C=C(C/N=C\C)C(CC)CCC. The fourth-order valence-corrected chi connectivity index (χ4v) is 1.38. The van der Waals surface area contributed by atoms with Gasteiger partial charge in [-0.25, -0.2) is 0 Å². The van der Waals surface area contributed by atoms with Gasteiger partial charge in [0.2, 0.25) is 0 Å². The maximum absolute atomic E-state index is 4.20. The van der Waals surface area contributed by atoms with Gasteiger partial charge in [-0.2, -0.15) is 0 Å². The van der Waals surface area contributed by atoms with Crippen molar-refractivity contribution in [3.05, 3.63) is 12.2 Å². The first kappa shape index (κ1) is 11.4. The smallest absolute Gasteiger partial charge is 0.0595 e. The third kappa shape index (κ3) is 4.32. The van der Waals surface area contributed by atoms with Crippen molar-refractivity contribution >= 4 is 6.21 Å². The first-order valence-electron chi connectivity index (χ1n) is 4.88. The molecule has 0 aliphatic heterocycles. The van der Waals surface area contributed by atoms with E-state index in [0.717, 1.165) is 6.54 Å². The highest BCUT2D eigenvalue weighted by Gasteiger charge is 2.07. The van der Waals surface area contributed by atoms with Crippen LogP contribution in [0.1, 0.15) is 40.0 Å². The normalized spacial score (nSPS) is 13.6. The van der Waals surface area contributed by atoms with E-state index in [1.807, 2.05) is 13.1 Å². The Balaban J connectivity index is 3.85. The predicted molar refractivity (Wildman–Crippen MR) is 56.9 cm³/mol. The summed E-state index contributed by atoms with van der Waals surface area (Å²) in [4.78, 5) is 4.20. The van der Waals surface area contributed by atoms with Crippen molar-refractivity contribution in [3.63, 3.8) is 0 Å². The molecule has 1 unspecified atom stereocenters. The van der Waals surface area contributed by atoms with Crippen LogP contribution in [0.3, 0.4) is 0 Å². The van der Waals surface area contributed by atoms with Gasteiger partial charge in [-0.3, -0.25) is 4.99 Å². The minimum atomic E-state index is 0.679. The molecule has 0 aromatic rings. The summed E-state index contributed by atoms with van der Waals surface area (Å²) in [5.41, 5.74) is 1.29. The molecular formula is C11H21N. The van der Waals surface area contributed by atoms with Crippen LogP contribution in [0.4, 0.5) is 0 Å². The standard InChI is InChI=1S/C11H21N/c1-5-8-11(6-2)10(4)9-12-7-3/h7,11H,4-6,8-9H2,1-3H3/b12-7-. The number of aliphatic imine (C=N–C) groups is 1. The Morgan fingerprint density at radius 1 is 1.50 bits per heavy atom. The Morgan fingerprint density at radius 3 is 2.58 bits per heavy atom. The van der Waals surface area contributed by atoms with E-state index in [1.54, 1.807) is 0 Å². The summed E-state index contributed by atoms with van der Waals surface area (Å²) in [6, 6.07) is 0. The molecule has 0 saturated carbocycles. The molecule has 0 radical (unpaired) electrons. The molecule has 1 nitrogen and oxygen atoms in total. The van der Waals surface area contributed by atoms with Gasteiger partial charge in [0, 0.05) is 0 Å². The zero-order chi connectivity index (χ0) is 9.40. The highest BCUT2D eigenvalue weighted by molar-refractivity contribution is 5.53. The molecule has 0 aliphatic rings. The maximum atomic E-state index is 4.20. The molecular weight excluding hydrogens is 146 g/mol. The third-order valence-corrected chi connectivity index (χ3v) is 2.18. The monoisotopic (exact) mass is 167 g/mol. The first-order chi connectivity index (χ1) is 5.76. The largest absolute Gasteiger partial charge is 0.293 e. The highest BCUT2D eigenvalue weighted by Crippen LogP contribution is 2.19. The predicted octanol–water partition coefficient (Wildman–Crippen LogP) is 3.46. The van der Waals surface area contributed by atoms with Gasteiger partial charge in [-0.15, -0.1) is 0 Å². The van der Waals surface area contributed by atoms with Gasteiger partial charge in [0.25, 0.3) is 0 Å². The van der Waals surface area contributed by atoms with Crippen LogP contribution in [-0.2, 0) is 0 Å². The van der Waals surface area contributed by atoms with Crippen molar-refractivity contribution in [1.29, 1.82) is 0 Å². The second-order valence-corrected chi connectivity index (χ2v) is 3.15. The van der Waals surface area contributed by atoms with Crippen molar-refractivity contribution in [1.82, 2.24) is 0 Å². The molecule has 1 atom stereocenters. The maximum Gasteiger partial charge on any atom is 0.0595 e. The molecule has 0 amide bonds. The Labute approximate surface area is 76.6 Å². The molecule has 0 rings (SSSR count). The quantitative estimate of drug-likeness (QED) is 0.424. The fourth-order valence-electron chi connectivity index (χ4n) is 1.38. The molecule has 0 fully saturated rings. The summed E-state index contributed by atoms with van der Waals surface area (Å²) < 4.78 is 0. The van der Waals surface area contributed by atoms with Gasteiger partial charge in [-0.05, 0) is 31.9 Å². The topological polar surface area (TPSA) is 12.4 Å². The number of hydrogen-bond donors (Lipinski definition) is 0. The Hall–Kier alpha value is -0.590. The molecule has 0 saturated heterocycles. The van der Waals surface area contributed by atoms with Gasteiger partial charge in [-0.1, -0.05) is 32.4 Å². The van der Waals surface area contributed by atoms with Gasteiger partial charge in [0.05, 0.1) is 6.54 Å². The van der Waals surface area contributed by atoms with Crippen LogP contribution in [0.5, 0.6) is 0 Å². The summed E-state index contributed by atoms with van der Waals surface area (Å²) in [5.74, 6) is 0.679. The molecule has 0 spiro atoms. The lowest BCUT2D eigenvalue weighted by molar-refractivity contribution is 0.529. The van der Waals surface area contributed by atoms with Crippen LogP contribution in [0.15, 0.2) is 17.1 Å². The van der Waals surface area contributed by atoms with Crippen molar-refractivity contribution in [3.8, 4) is 0 Å². The van der Waals surface area contributed by atoms with Crippen LogP contribution in [0, 0.1) is 5.92 Å². The van der Waals surface area contributed by atoms with E-state index in [0.29, 0.717) is 5.92 Å². The van der Waals surface area contributed by atoms with Crippen molar-refractivity contribution in [2.24, 2.45) is 10.9 Å². The average Bonchev–Trinajstić information content (AvgIpc) is 2.10. The Kier molecular flexibility index (Phi) is 6.73. The van der Waals surface area contributed by atoms with Crippen LogP contribution in [0.2, 0.25) is 0 Å². The number of hydrogen-bond acceptors (Lipinski definition) is 1. The van der Waals surface area contributed by atoms with Gasteiger partial charge in [0.1, 0.15) is 0 Å². The lowest BCUT2D eigenvalue weighted by Gasteiger charge is -2.14. The average molecular weight is 167 g/mol. The van der Waals surface area contributed by atoms with E-state index in [-0.39, 0.29) is 0 Å². The first-order valence-corrected chi connectivity index (χ1v) is 4.88. The van der Waals surface area contributed by atoms with Gasteiger partial charge >= 0.3 is 0 Å². The van der Waals surface area contributed by atoms with Crippen molar-refractivity contribution in [2.75, 3.05) is 6.54 Å². The Morgan fingerprint density at radius 2 is 2.17 bits per heavy atom. The number of nitrogens with zero attached hydrogens (tertiary/aromatic N) is 1. The third-order valence-electron chi connectivity index (χ3n) is 2.18. The van der Waals surface area contributed by atoms with E-state index in [9.17, 15) is 0 Å². The molecule has 0 bridgehead atoms. The molecule has 0 heterocycles. The van der Waals surface area contributed by atoms with Crippen LogP contribution in [0.25, 0.3) is 0 Å². The van der Waals surface area contributed by atoms with E-state index >= 15 is 0 Å². The van der Waals surface area contributed by atoms with Crippen LogP contribution >= 0.6 is 0 Å². The molecule has 0 aromatic carbocycles. The summed E-state index contributed by atoms with van der Waals surface area (Å²) in [6.45, 7) is 11.3. The van der Waals surface area contributed by atoms with E-state index in [4.69, 9.17) is 0 Å². The lowest BCUT2D eigenvalue weighted by atomic mass is 9.93. The van der Waals surface area contributed by atoms with Crippen LogP contribution in [-0.4, -0.2) is 12.8 Å². The second-order valence-electron chi connectivity index (χ2n) is 3.15. The minimum absolute atomic E-state index is 0.679. The van der Waals surface area contributed by atoms with E-state index < -0.39 is 0 Å².